The minimum atomic E-state index is -3.68. The Morgan fingerprint density at radius 3 is 2.48 bits per heavy atom. The van der Waals surface area contributed by atoms with Crippen LogP contribution < -0.4 is 10.1 Å². The Hall–Kier alpha value is -3.23. The van der Waals surface area contributed by atoms with Crippen molar-refractivity contribution in [3.63, 3.8) is 0 Å². The van der Waals surface area contributed by atoms with Crippen LogP contribution in [0, 0.1) is 0 Å². The van der Waals surface area contributed by atoms with E-state index in [4.69, 9.17) is 4.74 Å². The highest BCUT2D eigenvalue weighted by Gasteiger charge is 2.24. The highest BCUT2D eigenvalue weighted by Crippen LogP contribution is 2.22. The van der Waals surface area contributed by atoms with E-state index in [1.165, 1.54) is 23.5 Å². The molecule has 0 aliphatic rings. The number of carbonyl (C=O) groups excluding carboxylic acids is 1. The zero-order valence-corrected chi connectivity index (χ0v) is 20.0. The first-order chi connectivity index (χ1) is 15.7. The summed E-state index contributed by atoms with van der Waals surface area (Å²) in [6.07, 6.45) is 1.72. The number of amides is 1. The molecule has 1 heterocycles. The Morgan fingerprint density at radius 1 is 1.03 bits per heavy atom. The second-order valence-corrected chi connectivity index (χ2v) is 10.0. The Labute approximate surface area is 195 Å². The van der Waals surface area contributed by atoms with Crippen molar-refractivity contribution >= 4 is 15.9 Å². The molecule has 33 heavy (non-hydrogen) atoms. The number of aromatic nitrogens is 1. The van der Waals surface area contributed by atoms with E-state index in [0.717, 1.165) is 11.3 Å². The molecule has 0 bridgehead atoms. The number of rotatable bonds is 9. The summed E-state index contributed by atoms with van der Waals surface area (Å²) in [4.78, 5) is 17.2. The van der Waals surface area contributed by atoms with Crippen LogP contribution in [0.2, 0.25) is 0 Å². The number of hydrogen-bond donors (Lipinski definition) is 1. The summed E-state index contributed by atoms with van der Waals surface area (Å²) in [6, 6.07) is 18.7. The van der Waals surface area contributed by atoms with Gasteiger partial charge in [-0.3, -0.25) is 9.78 Å². The lowest BCUT2D eigenvalue weighted by Crippen LogP contribution is -2.33. The summed E-state index contributed by atoms with van der Waals surface area (Å²) < 4.78 is 32.6. The zero-order chi connectivity index (χ0) is 24.0. The Bertz CT molecular complexity index is 1200. The number of hydrogen-bond acceptors (Lipinski definition) is 5. The van der Waals surface area contributed by atoms with E-state index in [1.54, 1.807) is 32.2 Å². The van der Waals surface area contributed by atoms with Crippen LogP contribution in [-0.4, -0.2) is 36.7 Å². The molecule has 3 rings (SSSR count). The molecule has 8 heteroatoms. The molecule has 174 valence electrons. The average molecular weight is 468 g/mol. The van der Waals surface area contributed by atoms with Crippen LogP contribution in [0.15, 0.2) is 77.8 Å². The van der Waals surface area contributed by atoms with Gasteiger partial charge in [-0.15, -0.1) is 0 Å². The van der Waals surface area contributed by atoms with E-state index in [2.05, 4.69) is 10.3 Å². The molecule has 0 saturated heterocycles. The van der Waals surface area contributed by atoms with Crippen LogP contribution in [0.3, 0.4) is 0 Å². The van der Waals surface area contributed by atoms with Crippen molar-refractivity contribution in [2.45, 2.75) is 44.4 Å². The Kier molecular flexibility index (Phi) is 7.84. The van der Waals surface area contributed by atoms with Gasteiger partial charge >= 0.3 is 0 Å². The number of carbonyl (C=O) groups is 1. The van der Waals surface area contributed by atoms with E-state index >= 15 is 0 Å². The molecule has 2 aromatic carbocycles. The standard InChI is InChI=1S/C25H29N3O4S/c1-18(2)28(4)33(30,31)24-13-8-10-21(16-24)25(29)27-19(3)20-9-7-12-23(15-20)32-17-22-11-5-6-14-26-22/h5-16,18-19H,17H2,1-4H3,(H,27,29). The summed E-state index contributed by atoms with van der Waals surface area (Å²) in [5.74, 6) is 0.315. The quantitative estimate of drug-likeness (QED) is 0.510. The first-order valence-electron chi connectivity index (χ1n) is 10.7. The smallest absolute Gasteiger partial charge is 0.251 e. The topological polar surface area (TPSA) is 88.6 Å². The molecule has 0 aliphatic heterocycles. The van der Waals surface area contributed by atoms with Crippen LogP contribution in [0.25, 0.3) is 0 Å². The summed E-state index contributed by atoms with van der Waals surface area (Å²) in [5.41, 5.74) is 1.97. The van der Waals surface area contributed by atoms with Gasteiger partial charge in [-0.05, 0) is 68.8 Å². The van der Waals surface area contributed by atoms with Gasteiger partial charge in [-0.2, -0.15) is 4.31 Å². The summed E-state index contributed by atoms with van der Waals surface area (Å²) in [6.45, 7) is 5.80. The second-order valence-electron chi connectivity index (χ2n) is 8.02. The molecule has 3 aromatic rings. The number of pyridine rings is 1. The van der Waals surface area contributed by atoms with Crippen molar-refractivity contribution in [1.29, 1.82) is 0 Å². The monoisotopic (exact) mass is 467 g/mol. The first-order valence-corrected chi connectivity index (χ1v) is 12.1. The van der Waals surface area contributed by atoms with E-state index in [1.807, 2.05) is 49.4 Å². The number of nitrogens with one attached hydrogen (secondary N) is 1. The van der Waals surface area contributed by atoms with Gasteiger partial charge in [0.2, 0.25) is 10.0 Å². The van der Waals surface area contributed by atoms with Crippen LogP contribution in [0.1, 0.15) is 48.4 Å². The van der Waals surface area contributed by atoms with Crippen molar-refractivity contribution < 1.29 is 17.9 Å². The highest BCUT2D eigenvalue weighted by molar-refractivity contribution is 7.89. The number of ether oxygens (including phenoxy) is 1. The van der Waals surface area contributed by atoms with E-state index in [0.29, 0.717) is 12.4 Å². The molecule has 0 fully saturated rings. The summed E-state index contributed by atoms with van der Waals surface area (Å²) in [7, 11) is -2.15. The minimum Gasteiger partial charge on any atom is -0.487 e. The van der Waals surface area contributed by atoms with Crippen molar-refractivity contribution in [2.24, 2.45) is 0 Å². The predicted molar refractivity (Wildman–Crippen MR) is 127 cm³/mol. The molecule has 1 amide bonds. The maximum atomic E-state index is 12.8. The molecule has 1 atom stereocenters. The largest absolute Gasteiger partial charge is 0.487 e. The van der Waals surface area contributed by atoms with E-state index in [-0.39, 0.29) is 28.4 Å². The van der Waals surface area contributed by atoms with E-state index in [9.17, 15) is 13.2 Å². The maximum absolute atomic E-state index is 12.8. The molecule has 1 N–H and O–H groups in total. The van der Waals surface area contributed by atoms with Crippen LogP contribution in [-0.2, 0) is 16.6 Å². The summed E-state index contributed by atoms with van der Waals surface area (Å²) in [5, 5.41) is 2.93. The molecular formula is C25H29N3O4S. The molecule has 1 unspecified atom stereocenters. The fourth-order valence-corrected chi connectivity index (χ4v) is 4.53. The van der Waals surface area contributed by atoms with Gasteiger partial charge in [0.1, 0.15) is 12.4 Å². The Morgan fingerprint density at radius 2 is 1.79 bits per heavy atom. The fourth-order valence-electron chi connectivity index (χ4n) is 3.12. The molecular weight excluding hydrogens is 438 g/mol. The predicted octanol–water partition coefficient (Wildman–Crippen LogP) is 4.18. The number of benzene rings is 2. The van der Waals surface area contributed by atoms with Gasteiger partial charge in [0.25, 0.3) is 5.91 Å². The second kappa shape index (κ2) is 10.6. The van der Waals surface area contributed by atoms with Crippen molar-refractivity contribution in [3.05, 3.63) is 89.7 Å². The normalized spacial score (nSPS) is 12.5. The summed E-state index contributed by atoms with van der Waals surface area (Å²) >= 11 is 0. The van der Waals surface area contributed by atoms with E-state index < -0.39 is 10.0 Å². The maximum Gasteiger partial charge on any atom is 0.251 e. The van der Waals surface area contributed by atoms with Crippen molar-refractivity contribution in [2.75, 3.05) is 7.05 Å². The third-order valence-electron chi connectivity index (χ3n) is 5.32. The molecule has 0 spiro atoms. The lowest BCUT2D eigenvalue weighted by Gasteiger charge is -2.21. The van der Waals surface area contributed by atoms with Crippen LogP contribution in [0.5, 0.6) is 5.75 Å². The zero-order valence-electron chi connectivity index (χ0n) is 19.2. The molecule has 0 radical (unpaired) electrons. The van der Waals surface area contributed by atoms with Crippen LogP contribution in [0.4, 0.5) is 0 Å². The number of nitrogens with zero attached hydrogens (tertiary/aromatic N) is 2. The van der Waals surface area contributed by atoms with Crippen molar-refractivity contribution in [3.8, 4) is 5.75 Å². The lowest BCUT2D eigenvalue weighted by atomic mass is 10.1. The van der Waals surface area contributed by atoms with Crippen LogP contribution >= 0.6 is 0 Å². The molecule has 7 nitrogen and oxygen atoms in total. The molecule has 1 aromatic heterocycles. The third-order valence-corrected chi connectivity index (χ3v) is 7.35. The van der Waals surface area contributed by atoms with Gasteiger partial charge in [-0.1, -0.05) is 24.3 Å². The van der Waals surface area contributed by atoms with Gasteiger partial charge in [0.15, 0.2) is 0 Å². The average Bonchev–Trinajstić information content (AvgIpc) is 2.83. The SMILES string of the molecule is CC(NC(=O)c1cccc(S(=O)(=O)N(C)C(C)C)c1)c1cccc(OCc2ccccn2)c1. The minimum absolute atomic E-state index is 0.0870. The highest BCUT2D eigenvalue weighted by atomic mass is 32.2. The lowest BCUT2D eigenvalue weighted by molar-refractivity contribution is 0.0939. The molecule has 0 saturated carbocycles. The first kappa shape index (κ1) is 24.4. The van der Waals surface area contributed by atoms with Crippen molar-refractivity contribution in [1.82, 2.24) is 14.6 Å². The Balaban J connectivity index is 1.70. The van der Waals surface area contributed by atoms with Gasteiger partial charge in [0.05, 0.1) is 16.6 Å². The fraction of sp³-hybridized carbons (Fsp3) is 0.280. The number of sulfonamides is 1. The molecule has 0 aliphatic carbocycles. The van der Waals surface area contributed by atoms with Gasteiger partial charge in [0, 0.05) is 24.8 Å². The third kappa shape index (κ3) is 6.18. The van der Waals surface area contributed by atoms with Gasteiger partial charge < -0.3 is 10.1 Å². The van der Waals surface area contributed by atoms with Gasteiger partial charge in [-0.25, -0.2) is 8.42 Å².